The maximum atomic E-state index is 16.8. The summed E-state index contributed by atoms with van der Waals surface area (Å²) < 4.78 is 23.2. The number of fused-ring (bicyclic) bond motifs is 4. The van der Waals surface area contributed by atoms with Crippen LogP contribution in [-0.4, -0.2) is 71.4 Å². The van der Waals surface area contributed by atoms with Gasteiger partial charge >= 0.3 is 6.01 Å². The van der Waals surface area contributed by atoms with Crippen molar-refractivity contribution < 1.29 is 14.2 Å². The molecular formula is C36H38FN5O2. The monoisotopic (exact) mass is 591 g/mol. The third kappa shape index (κ3) is 5.02. The second kappa shape index (κ2) is 10.9. The second-order valence-corrected chi connectivity index (χ2v) is 13.4. The van der Waals surface area contributed by atoms with Gasteiger partial charge < -0.3 is 25.0 Å². The molecule has 0 spiro atoms. The Morgan fingerprint density at radius 2 is 1.82 bits per heavy atom. The Morgan fingerprint density at radius 1 is 1.02 bits per heavy atom. The summed E-state index contributed by atoms with van der Waals surface area (Å²) >= 11 is 0. The second-order valence-electron chi connectivity index (χ2n) is 13.4. The van der Waals surface area contributed by atoms with Gasteiger partial charge in [0, 0.05) is 59.0 Å². The van der Waals surface area contributed by atoms with Gasteiger partial charge in [0.15, 0.2) is 5.82 Å². The van der Waals surface area contributed by atoms with Crippen molar-refractivity contribution in [3.8, 4) is 35.2 Å². The number of piperidine rings is 1. The standard InChI is InChI=1S/C36H38FN5O2/c1-2-23-7-6-8-24-17-27(43)18-30(31(23)24)28-11-12-29-33(32(28)37)39-35(40-34(29)42-19-25-9-10-26(20-42)38-25)44-22-36(13-14-36)21-41-15-4-3-5-16-41/h1,6-8,11-12,17-18,25-26,38,43H,3-5,9-10,13-16,19-22H2. The number of ether oxygens (including phenoxy) is 1. The lowest BCUT2D eigenvalue weighted by molar-refractivity contribution is 0.139. The van der Waals surface area contributed by atoms with E-state index in [0.717, 1.165) is 75.0 Å². The summed E-state index contributed by atoms with van der Waals surface area (Å²) in [4.78, 5) is 14.5. The fraction of sp³-hybridized carbons (Fsp3) is 0.444. The number of phenolic OH excluding ortho intramolecular Hbond substituents is 1. The van der Waals surface area contributed by atoms with Gasteiger partial charge in [-0.1, -0.05) is 30.5 Å². The first-order valence-corrected chi connectivity index (χ1v) is 16.1. The molecule has 4 heterocycles. The molecule has 7 nitrogen and oxygen atoms in total. The molecule has 2 bridgehead atoms. The number of hydrogen-bond donors (Lipinski definition) is 2. The van der Waals surface area contributed by atoms with E-state index in [0.29, 0.717) is 40.8 Å². The number of halogens is 1. The van der Waals surface area contributed by atoms with Crippen LogP contribution in [0.25, 0.3) is 32.8 Å². The summed E-state index contributed by atoms with van der Waals surface area (Å²) in [6.45, 7) is 5.51. The van der Waals surface area contributed by atoms with Crippen LogP contribution in [0.3, 0.4) is 0 Å². The fourth-order valence-electron chi connectivity index (χ4n) is 7.69. The van der Waals surface area contributed by atoms with Gasteiger partial charge in [-0.15, -0.1) is 6.42 Å². The van der Waals surface area contributed by atoms with Crippen molar-refractivity contribution in [2.75, 3.05) is 44.2 Å². The van der Waals surface area contributed by atoms with Gasteiger partial charge in [-0.25, -0.2) is 4.39 Å². The van der Waals surface area contributed by atoms with E-state index < -0.39 is 5.82 Å². The van der Waals surface area contributed by atoms with Crippen molar-refractivity contribution in [3.05, 3.63) is 53.8 Å². The number of piperazine rings is 1. The first-order chi connectivity index (χ1) is 21.5. The van der Waals surface area contributed by atoms with Crippen molar-refractivity contribution in [1.29, 1.82) is 0 Å². The molecule has 226 valence electrons. The van der Waals surface area contributed by atoms with Crippen molar-refractivity contribution in [2.24, 2.45) is 5.41 Å². The zero-order chi connectivity index (χ0) is 29.8. The summed E-state index contributed by atoms with van der Waals surface area (Å²) in [6, 6.07) is 13.5. The van der Waals surface area contributed by atoms with E-state index in [1.165, 1.54) is 19.3 Å². The molecule has 0 amide bonds. The molecule has 1 aromatic heterocycles. The zero-order valence-electron chi connectivity index (χ0n) is 25.0. The number of anilines is 1. The lowest BCUT2D eigenvalue weighted by Crippen LogP contribution is -2.51. The summed E-state index contributed by atoms with van der Waals surface area (Å²) in [7, 11) is 0. The van der Waals surface area contributed by atoms with E-state index in [9.17, 15) is 5.11 Å². The molecule has 4 aliphatic rings. The van der Waals surface area contributed by atoms with Crippen molar-refractivity contribution >= 4 is 27.5 Å². The van der Waals surface area contributed by atoms with Crippen LogP contribution in [0.15, 0.2) is 42.5 Å². The molecule has 44 heavy (non-hydrogen) atoms. The van der Waals surface area contributed by atoms with E-state index in [4.69, 9.17) is 21.1 Å². The molecule has 1 aliphatic carbocycles. The van der Waals surface area contributed by atoms with Crippen LogP contribution in [-0.2, 0) is 0 Å². The van der Waals surface area contributed by atoms with Crippen molar-refractivity contribution in [1.82, 2.24) is 20.2 Å². The Hall–Kier alpha value is -3.93. The third-order valence-corrected chi connectivity index (χ3v) is 10.2. The Morgan fingerprint density at radius 3 is 2.57 bits per heavy atom. The lowest BCUT2D eigenvalue weighted by Gasteiger charge is -2.34. The van der Waals surface area contributed by atoms with Gasteiger partial charge in [0.2, 0.25) is 0 Å². The highest BCUT2D eigenvalue weighted by molar-refractivity contribution is 6.04. The van der Waals surface area contributed by atoms with Crippen molar-refractivity contribution in [3.63, 3.8) is 0 Å². The molecule has 3 aliphatic heterocycles. The molecule has 2 atom stereocenters. The van der Waals surface area contributed by atoms with Crippen LogP contribution in [0.4, 0.5) is 10.2 Å². The lowest BCUT2D eigenvalue weighted by atomic mass is 9.93. The van der Waals surface area contributed by atoms with Crippen LogP contribution in [0, 0.1) is 23.6 Å². The first kappa shape index (κ1) is 27.6. The largest absolute Gasteiger partial charge is 0.508 e. The molecule has 8 heteroatoms. The molecule has 1 saturated carbocycles. The summed E-state index contributed by atoms with van der Waals surface area (Å²) in [5.74, 6) is 3.03. The minimum absolute atomic E-state index is 0.0493. The minimum atomic E-state index is -0.470. The number of hydrogen-bond acceptors (Lipinski definition) is 7. The highest BCUT2D eigenvalue weighted by Crippen LogP contribution is 2.47. The fourth-order valence-corrected chi connectivity index (χ4v) is 7.69. The van der Waals surface area contributed by atoms with Crippen molar-refractivity contribution in [2.45, 2.75) is 57.0 Å². The average molecular weight is 592 g/mol. The number of benzene rings is 3. The topological polar surface area (TPSA) is 73.8 Å². The number of nitrogens with one attached hydrogen (secondary N) is 1. The molecule has 8 rings (SSSR count). The predicted molar refractivity (Wildman–Crippen MR) is 172 cm³/mol. The van der Waals surface area contributed by atoms with E-state index in [1.54, 1.807) is 18.2 Å². The normalized spacial score (nSPS) is 22.8. The number of aromatic hydroxyl groups is 1. The molecule has 4 aromatic rings. The van der Waals surface area contributed by atoms with E-state index in [-0.39, 0.29) is 22.7 Å². The SMILES string of the molecule is C#Cc1cccc2cc(O)cc(-c3ccc4c(N5CC6CCC(C5)N6)nc(OCC5(CN6CCCCC6)CC5)nc4c3F)c12. The number of rotatable bonds is 7. The summed E-state index contributed by atoms with van der Waals surface area (Å²) in [6.07, 6.45) is 14.2. The number of phenols is 1. The third-order valence-electron chi connectivity index (χ3n) is 10.2. The number of likely N-dealkylation sites (tertiary alicyclic amines) is 1. The zero-order valence-corrected chi connectivity index (χ0v) is 25.0. The number of nitrogens with zero attached hydrogens (tertiary/aromatic N) is 4. The Balaban J connectivity index is 1.21. The summed E-state index contributed by atoms with van der Waals surface area (Å²) in [5.41, 5.74) is 1.86. The molecule has 4 fully saturated rings. The van der Waals surface area contributed by atoms with E-state index >= 15 is 4.39 Å². The molecular weight excluding hydrogens is 553 g/mol. The van der Waals surface area contributed by atoms with Gasteiger partial charge in [0.1, 0.15) is 17.1 Å². The van der Waals surface area contributed by atoms with E-state index in [1.807, 2.05) is 24.3 Å². The van der Waals surface area contributed by atoms with Gasteiger partial charge in [-0.3, -0.25) is 0 Å². The van der Waals surface area contributed by atoms with Gasteiger partial charge in [0.05, 0.1) is 6.61 Å². The minimum Gasteiger partial charge on any atom is -0.508 e. The number of aromatic nitrogens is 2. The quantitative estimate of drug-likeness (QED) is 0.261. The van der Waals surface area contributed by atoms with E-state index in [2.05, 4.69) is 21.0 Å². The Labute approximate surface area is 257 Å². The predicted octanol–water partition coefficient (Wildman–Crippen LogP) is 5.86. The molecule has 3 aromatic carbocycles. The molecule has 2 unspecified atom stereocenters. The van der Waals surface area contributed by atoms with Crippen LogP contribution in [0.2, 0.25) is 0 Å². The first-order valence-electron chi connectivity index (χ1n) is 16.1. The van der Waals surface area contributed by atoms with Crippen LogP contribution >= 0.6 is 0 Å². The van der Waals surface area contributed by atoms with Crippen LogP contribution < -0.4 is 15.0 Å². The smallest absolute Gasteiger partial charge is 0.319 e. The van der Waals surface area contributed by atoms with Gasteiger partial charge in [-0.05, 0) is 86.8 Å². The molecule has 0 radical (unpaired) electrons. The number of terminal acetylenes is 1. The highest BCUT2D eigenvalue weighted by atomic mass is 19.1. The molecule has 2 N–H and O–H groups in total. The average Bonchev–Trinajstić information content (AvgIpc) is 3.73. The van der Waals surface area contributed by atoms with Gasteiger partial charge in [0.25, 0.3) is 0 Å². The molecule has 3 saturated heterocycles. The highest BCUT2D eigenvalue weighted by Gasteiger charge is 2.45. The Bertz CT molecular complexity index is 1780. The summed E-state index contributed by atoms with van der Waals surface area (Å²) in [5, 5.41) is 16.4. The van der Waals surface area contributed by atoms with Gasteiger partial charge in [-0.2, -0.15) is 9.97 Å². The van der Waals surface area contributed by atoms with Crippen LogP contribution in [0.1, 0.15) is 50.5 Å². The maximum absolute atomic E-state index is 16.8. The Kier molecular flexibility index (Phi) is 6.84. The maximum Gasteiger partial charge on any atom is 0.319 e. The van der Waals surface area contributed by atoms with Crippen LogP contribution in [0.5, 0.6) is 11.8 Å².